The smallest absolute Gasteiger partial charge is 0.179 e. The molecule has 6 heteroatoms. The van der Waals surface area contributed by atoms with Crippen molar-refractivity contribution in [2.45, 2.75) is 6.42 Å². The molecule has 0 spiro atoms. The molecule has 1 aliphatic heterocycles. The molecule has 0 radical (unpaired) electrons. The van der Waals surface area contributed by atoms with E-state index < -0.39 is 0 Å². The number of hydrogen-bond acceptors (Lipinski definition) is 3. The van der Waals surface area contributed by atoms with Gasteiger partial charge in [0.05, 0.1) is 21.6 Å². The fourth-order valence-corrected chi connectivity index (χ4v) is 3.41. The van der Waals surface area contributed by atoms with Crippen LogP contribution in [0.4, 0.5) is 5.82 Å². The van der Waals surface area contributed by atoms with E-state index in [0.717, 1.165) is 38.6 Å². The van der Waals surface area contributed by atoms with Crippen LogP contribution in [0.1, 0.15) is 11.1 Å². The normalized spacial score (nSPS) is 13.6. The van der Waals surface area contributed by atoms with Gasteiger partial charge in [0.15, 0.2) is 5.82 Å². The van der Waals surface area contributed by atoms with Crippen molar-refractivity contribution >= 4 is 45.6 Å². The maximum atomic E-state index is 6.49. The number of aryl methyl sites for hydroxylation is 1. The van der Waals surface area contributed by atoms with Crippen LogP contribution in [-0.4, -0.2) is 22.5 Å². The fourth-order valence-electron chi connectivity index (χ4n) is 3.01. The van der Waals surface area contributed by atoms with E-state index >= 15 is 0 Å². The Morgan fingerprint density at radius 3 is 2.48 bits per heavy atom. The molecule has 0 N–H and O–H groups in total. The molecule has 0 saturated carbocycles. The van der Waals surface area contributed by atoms with Crippen LogP contribution in [0.25, 0.3) is 10.9 Å². The maximum Gasteiger partial charge on any atom is 0.179 e. The zero-order chi connectivity index (χ0) is 16.1. The molecule has 0 aliphatic carbocycles. The van der Waals surface area contributed by atoms with Gasteiger partial charge in [-0.15, -0.1) is 0 Å². The molecule has 0 bridgehead atoms. The monoisotopic (exact) mass is 344 g/mol. The number of rotatable bonds is 2. The number of hydrazone groups is 1. The van der Waals surface area contributed by atoms with Gasteiger partial charge in [-0.05, 0) is 29.8 Å². The highest BCUT2D eigenvalue weighted by Gasteiger charge is 2.26. The van der Waals surface area contributed by atoms with Crippen LogP contribution in [-0.2, 0) is 13.5 Å². The number of halogens is 2. The Hall–Kier alpha value is -2.04. The first-order chi connectivity index (χ1) is 11.0. The summed E-state index contributed by atoms with van der Waals surface area (Å²) < 4.78 is 1.86. The molecule has 0 unspecified atom stereocenters. The first-order valence-corrected chi connectivity index (χ1v) is 8.01. The van der Waals surface area contributed by atoms with Crippen molar-refractivity contribution in [3.63, 3.8) is 0 Å². The molecule has 0 atom stereocenters. The molecule has 0 amide bonds. The van der Waals surface area contributed by atoms with Crippen molar-refractivity contribution in [3.05, 3.63) is 57.6 Å². The van der Waals surface area contributed by atoms with Crippen LogP contribution >= 0.6 is 23.2 Å². The van der Waals surface area contributed by atoms with Gasteiger partial charge in [-0.25, -0.2) is 5.01 Å². The van der Waals surface area contributed by atoms with E-state index in [2.05, 4.69) is 5.10 Å². The van der Waals surface area contributed by atoms with Gasteiger partial charge >= 0.3 is 0 Å². The summed E-state index contributed by atoms with van der Waals surface area (Å²) in [6.45, 7) is 0. The molecular formula is C17H14Cl2N4. The Labute approximate surface area is 143 Å². The van der Waals surface area contributed by atoms with Gasteiger partial charge in [-0.1, -0.05) is 35.3 Å². The van der Waals surface area contributed by atoms with E-state index in [9.17, 15) is 0 Å². The second kappa shape index (κ2) is 5.25. The van der Waals surface area contributed by atoms with Gasteiger partial charge in [0.2, 0.25) is 0 Å². The summed E-state index contributed by atoms with van der Waals surface area (Å²) in [5, 5.41) is 13.6. The van der Waals surface area contributed by atoms with Crippen molar-refractivity contribution in [2.75, 3.05) is 12.1 Å². The van der Waals surface area contributed by atoms with Gasteiger partial charge in [0.1, 0.15) is 0 Å². The summed E-state index contributed by atoms with van der Waals surface area (Å²) in [5.41, 5.74) is 4.10. The Kier molecular flexibility index (Phi) is 3.32. The topological polar surface area (TPSA) is 33.4 Å². The number of aromatic nitrogens is 2. The first kappa shape index (κ1) is 14.5. The van der Waals surface area contributed by atoms with Crippen LogP contribution in [0.5, 0.6) is 0 Å². The van der Waals surface area contributed by atoms with E-state index in [4.69, 9.17) is 28.3 Å². The van der Waals surface area contributed by atoms with Crippen LogP contribution in [0.3, 0.4) is 0 Å². The van der Waals surface area contributed by atoms with Crippen LogP contribution in [0.2, 0.25) is 10.0 Å². The van der Waals surface area contributed by atoms with Gasteiger partial charge in [0.25, 0.3) is 0 Å². The summed E-state index contributed by atoms with van der Waals surface area (Å²) in [6, 6.07) is 11.7. The summed E-state index contributed by atoms with van der Waals surface area (Å²) in [5.74, 6) is 0.833. The number of anilines is 1. The van der Waals surface area contributed by atoms with E-state index in [0.29, 0.717) is 11.4 Å². The molecule has 0 fully saturated rings. The molecule has 23 heavy (non-hydrogen) atoms. The average molecular weight is 345 g/mol. The predicted molar refractivity (Wildman–Crippen MR) is 95.8 cm³/mol. The SMILES string of the molecule is CN1N=C(Cc2ccc(Cl)cc2)c2c(Cl)ccc3c2c1nn3C. The van der Waals surface area contributed by atoms with Crippen LogP contribution in [0.15, 0.2) is 41.5 Å². The van der Waals surface area contributed by atoms with Crippen molar-refractivity contribution < 1.29 is 0 Å². The second-order valence-electron chi connectivity index (χ2n) is 5.64. The number of nitrogens with zero attached hydrogens (tertiary/aromatic N) is 4. The number of hydrogen-bond donors (Lipinski definition) is 0. The highest BCUT2D eigenvalue weighted by Crippen LogP contribution is 2.37. The fraction of sp³-hybridized carbons (Fsp3) is 0.176. The lowest BCUT2D eigenvalue weighted by molar-refractivity contribution is 0.782. The Balaban J connectivity index is 1.88. The van der Waals surface area contributed by atoms with Crippen molar-refractivity contribution in [3.8, 4) is 0 Å². The van der Waals surface area contributed by atoms with E-state index in [1.54, 1.807) is 0 Å². The lowest BCUT2D eigenvalue weighted by Crippen LogP contribution is -2.21. The van der Waals surface area contributed by atoms with Gasteiger partial charge < -0.3 is 0 Å². The third kappa shape index (κ3) is 2.30. The van der Waals surface area contributed by atoms with Gasteiger partial charge in [0, 0.05) is 31.1 Å². The Bertz CT molecular complexity index is 941. The minimum Gasteiger partial charge on any atom is -0.266 e. The molecule has 2 heterocycles. The largest absolute Gasteiger partial charge is 0.266 e. The molecule has 2 aromatic carbocycles. The zero-order valence-electron chi connectivity index (χ0n) is 12.7. The molecular weight excluding hydrogens is 331 g/mol. The predicted octanol–water partition coefficient (Wildman–Crippen LogP) is 4.28. The third-order valence-electron chi connectivity index (χ3n) is 4.10. The number of benzene rings is 2. The van der Waals surface area contributed by atoms with E-state index in [-0.39, 0.29) is 0 Å². The lowest BCUT2D eigenvalue weighted by Gasteiger charge is -2.21. The highest BCUT2D eigenvalue weighted by atomic mass is 35.5. The maximum absolute atomic E-state index is 6.49. The van der Waals surface area contributed by atoms with Crippen LogP contribution in [0, 0.1) is 0 Å². The Morgan fingerprint density at radius 2 is 1.74 bits per heavy atom. The minimum absolute atomic E-state index is 0.689. The van der Waals surface area contributed by atoms with Crippen molar-refractivity contribution in [1.82, 2.24) is 9.78 Å². The standard InChI is InChI=1S/C17H14Cl2N4/c1-22-14-8-7-12(19)15-13(9-10-3-5-11(18)6-4-10)20-23(2)17(21-22)16(14)15/h3-8H,9H2,1-2H3. The Morgan fingerprint density at radius 1 is 1.00 bits per heavy atom. The summed E-state index contributed by atoms with van der Waals surface area (Å²) in [7, 11) is 3.84. The van der Waals surface area contributed by atoms with Crippen LogP contribution < -0.4 is 5.01 Å². The molecule has 0 saturated heterocycles. The summed E-state index contributed by atoms with van der Waals surface area (Å²) in [4.78, 5) is 0. The van der Waals surface area contributed by atoms with Crippen molar-refractivity contribution in [1.29, 1.82) is 0 Å². The van der Waals surface area contributed by atoms with Crippen molar-refractivity contribution in [2.24, 2.45) is 12.1 Å². The third-order valence-corrected chi connectivity index (χ3v) is 4.67. The highest BCUT2D eigenvalue weighted by molar-refractivity contribution is 6.37. The first-order valence-electron chi connectivity index (χ1n) is 7.26. The molecule has 1 aromatic heterocycles. The molecule has 1 aliphatic rings. The lowest BCUT2D eigenvalue weighted by atomic mass is 9.98. The molecule has 4 rings (SSSR count). The van der Waals surface area contributed by atoms with E-state index in [1.165, 1.54) is 0 Å². The van der Waals surface area contributed by atoms with Gasteiger partial charge in [-0.2, -0.15) is 10.2 Å². The molecule has 3 aromatic rings. The zero-order valence-corrected chi connectivity index (χ0v) is 14.2. The quantitative estimate of drug-likeness (QED) is 0.695. The molecule has 4 nitrogen and oxygen atoms in total. The van der Waals surface area contributed by atoms with E-state index in [1.807, 2.05) is 60.2 Å². The minimum atomic E-state index is 0.689. The second-order valence-corrected chi connectivity index (χ2v) is 6.48. The summed E-state index contributed by atoms with van der Waals surface area (Å²) in [6.07, 6.45) is 0.689. The average Bonchev–Trinajstić information content (AvgIpc) is 2.86. The van der Waals surface area contributed by atoms with Gasteiger partial charge in [-0.3, -0.25) is 4.68 Å². The summed E-state index contributed by atoms with van der Waals surface area (Å²) >= 11 is 12.5. The molecule has 116 valence electrons.